The van der Waals surface area contributed by atoms with Gasteiger partial charge in [-0.2, -0.15) is 0 Å². The first-order valence-corrected chi connectivity index (χ1v) is 9.69. The number of nitrogens with one attached hydrogen (secondary N) is 1. The number of amides is 2. The zero-order valence-electron chi connectivity index (χ0n) is 16.1. The van der Waals surface area contributed by atoms with E-state index < -0.39 is 0 Å². The molecule has 3 rings (SSSR count). The summed E-state index contributed by atoms with van der Waals surface area (Å²) in [6.45, 7) is 5.01. The maximum atomic E-state index is 12.8. The Hall–Kier alpha value is -2.79. The molecule has 0 aliphatic carbocycles. The second kappa shape index (κ2) is 8.93. The number of para-hydroxylation sites is 1. The van der Waals surface area contributed by atoms with Gasteiger partial charge in [-0.05, 0) is 49.1 Å². The minimum atomic E-state index is -0.181. The molecular weight excluding hydrogens is 374 g/mol. The number of likely N-dealkylation sites (N-methyl/N-ethyl adjacent to an activating group) is 1. The topological polar surface area (TPSA) is 54.3 Å². The van der Waals surface area contributed by atoms with E-state index in [1.54, 1.807) is 17.0 Å². The second-order valence-corrected chi connectivity index (χ2v) is 7.18. The van der Waals surface area contributed by atoms with Crippen molar-refractivity contribution >= 4 is 34.3 Å². The summed E-state index contributed by atoms with van der Waals surface area (Å²) in [5.74, 6) is -0.257. The van der Waals surface area contributed by atoms with E-state index >= 15 is 0 Å². The quantitative estimate of drug-likeness (QED) is 0.659. The van der Waals surface area contributed by atoms with Crippen molar-refractivity contribution in [3.05, 3.63) is 70.9 Å². The molecule has 0 aliphatic heterocycles. The van der Waals surface area contributed by atoms with Crippen molar-refractivity contribution in [1.82, 2.24) is 14.8 Å². The summed E-state index contributed by atoms with van der Waals surface area (Å²) < 4.78 is 1.99. The molecular formula is C22H24ClN3O2. The molecule has 0 atom stereocenters. The van der Waals surface area contributed by atoms with Gasteiger partial charge < -0.3 is 14.8 Å². The molecule has 0 spiro atoms. The molecule has 28 heavy (non-hydrogen) atoms. The number of aryl methyl sites for hydroxylation is 1. The van der Waals surface area contributed by atoms with Crippen LogP contribution in [0.25, 0.3) is 10.9 Å². The van der Waals surface area contributed by atoms with Gasteiger partial charge in [0.15, 0.2) is 0 Å². The van der Waals surface area contributed by atoms with Crippen LogP contribution in [0.3, 0.4) is 0 Å². The third-order valence-corrected chi connectivity index (χ3v) is 5.03. The fraction of sp³-hybridized carbons (Fsp3) is 0.273. The number of hydrogen-bond acceptors (Lipinski definition) is 2. The molecule has 2 amide bonds. The van der Waals surface area contributed by atoms with Crippen LogP contribution in [-0.4, -0.2) is 34.4 Å². The van der Waals surface area contributed by atoms with Gasteiger partial charge in [0, 0.05) is 29.3 Å². The Morgan fingerprint density at radius 3 is 2.54 bits per heavy atom. The number of rotatable bonds is 7. The molecule has 1 N–H and O–H groups in total. The average Bonchev–Trinajstić information content (AvgIpc) is 3.01. The van der Waals surface area contributed by atoms with E-state index in [1.807, 2.05) is 54.8 Å². The van der Waals surface area contributed by atoms with Crippen LogP contribution in [0.4, 0.5) is 0 Å². The van der Waals surface area contributed by atoms with Gasteiger partial charge in [-0.25, -0.2) is 0 Å². The molecule has 0 aliphatic rings. The zero-order chi connectivity index (χ0) is 20.1. The van der Waals surface area contributed by atoms with Gasteiger partial charge in [-0.15, -0.1) is 0 Å². The standard InChI is InChI=1S/C22H24ClN3O2/c1-3-25(14-21(27)24-13-17-8-10-19(23)11-9-17)22(28)15-26-16(2)12-18-6-4-5-7-20(18)26/h4-12H,3,13-15H2,1-2H3,(H,24,27). The third kappa shape index (κ3) is 4.73. The van der Waals surface area contributed by atoms with Gasteiger partial charge in [-0.3, -0.25) is 9.59 Å². The van der Waals surface area contributed by atoms with Gasteiger partial charge in [0.1, 0.15) is 6.54 Å². The molecule has 3 aromatic rings. The van der Waals surface area contributed by atoms with Gasteiger partial charge >= 0.3 is 0 Å². The number of benzene rings is 2. The maximum absolute atomic E-state index is 12.8. The van der Waals surface area contributed by atoms with Gasteiger partial charge in [0.05, 0.1) is 6.54 Å². The number of nitrogens with zero attached hydrogens (tertiary/aromatic N) is 2. The maximum Gasteiger partial charge on any atom is 0.242 e. The highest BCUT2D eigenvalue weighted by Gasteiger charge is 2.17. The Morgan fingerprint density at radius 2 is 1.82 bits per heavy atom. The van der Waals surface area contributed by atoms with Crippen molar-refractivity contribution in [3.63, 3.8) is 0 Å². The van der Waals surface area contributed by atoms with Crippen molar-refractivity contribution in [3.8, 4) is 0 Å². The van der Waals surface area contributed by atoms with Crippen LogP contribution in [0.5, 0.6) is 0 Å². The predicted molar refractivity (Wildman–Crippen MR) is 112 cm³/mol. The molecule has 6 heteroatoms. The first-order valence-electron chi connectivity index (χ1n) is 9.31. The normalized spacial score (nSPS) is 10.8. The van der Waals surface area contributed by atoms with E-state index in [4.69, 9.17) is 11.6 Å². The van der Waals surface area contributed by atoms with Crippen LogP contribution < -0.4 is 5.32 Å². The largest absolute Gasteiger partial charge is 0.350 e. The number of carbonyl (C=O) groups excluding carboxylic acids is 2. The van der Waals surface area contributed by atoms with Crippen molar-refractivity contribution in [2.45, 2.75) is 26.9 Å². The van der Waals surface area contributed by atoms with Gasteiger partial charge in [-0.1, -0.05) is 41.9 Å². The Labute approximate surface area is 169 Å². The lowest BCUT2D eigenvalue weighted by Gasteiger charge is -2.21. The van der Waals surface area contributed by atoms with Crippen LogP contribution in [0, 0.1) is 6.92 Å². The van der Waals surface area contributed by atoms with Crippen LogP contribution >= 0.6 is 11.6 Å². The molecule has 0 fully saturated rings. The molecule has 0 saturated carbocycles. The summed E-state index contributed by atoms with van der Waals surface area (Å²) in [4.78, 5) is 26.7. The first kappa shape index (κ1) is 20.0. The SMILES string of the molecule is CCN(CC(=O)NCc1ccc(Cl)cc1)C(=O)Cn1c(C)cc2ccccc21. The fourth-order valence-electron chi connectivity index (χ4n) is 3.20. The van der Waals surface area contributed by atoms with Crippen molar-refractivity contribution < 1.29 is 9.59 Å². The summed E-state index contributed by atoms with van der Waals surface area (Å²) >= 11 is 5.87. The molecule has 2 aromatic carbocycles. The lowest BCUT2D eigenvalue weighted by Crippen LogP contribution is -2.41. The molecule has 0 bridgehead atoms. The Morgan fingerprint density at radius 1 is 1.11 bits per heavy atom. The molecule has 0 saturated heterocycles. The summed E-state index contributed by atoms with van der Waals surface area (Å²) in [5, 5.41) is 4.62. The number of carbonyl (C=O) groups is 2. The van der Waals surface area contributed by atoms with E-state index in [-0.39, 0.29) is 24.9 Å². The number of hydrogen-bond donors (Lipinski definition) is 1. The highest BCUT2D eigenvalue weighted by atomic mass is 35.5. The number of aromatic nitrogens is 1. The fourth-order valence-corrected chi connectivity index (χ4v) is 3.33. The molecule has 1 heterocycles. The van der Waals surface area contributed by atoms with Crippen LogP contribution in [0.15, 0.2) is 54.6 Å². The summed E-state index contributed by atoms with van der Waals surface area (Å²) in [6.07, 6.45) is 0. The van der Waals surface area contributed by atoms with E-state index in [0.29, 0.717) is 18.1 Å². The van der Waals surface area contributed by atoms with Crippen LogP contribution in [0.1, 0.15) is 18.2 Å². The highest BCUT2D eigenvalue weighted by Crippen LogP contribution is 2.19. The van der Waals surface area contributed by atoms with Gasteiger partial charge in [0.25, 0.3) is 0 Å². The monoisotopic (exact) mass is 397 g/mol. The smallest absolute Gasteiger partial charge is 0.242 e. The molecule has 0 radical (unpaired) electrons. The lowest BCUT2D eigenvalue weighted by molar-refractivity contribution is -0.136. The van der Waals surface area contributed by atoms with Crippen molar-refractivity contribution in [2.24, 2.45) is 0 Å². The van der Waals surface area contributed by atoms with Crippen LogP contribution in [0.2, 0.25) is 5.02 Å². The summed E-state index contributed by atoms with van der Waals surface area (Å²) in [6, 6.07) is 17.4. The molecule has 5 nitrogen and oxygen atoms in total. The molecule has 146 valence electrons. The summed E-state index contributed by atoms with van der Waals surface area (Å²) in [7, 11) is 0. The van der Waals surface area contributed by atoms with E-state index in [2.05, 4.69) is 11.4 Å². The van der Waals surface area contributed by atoms with Crippen molar-refractivity contribution in [1.29, 1.82) is 0 Å². The minimum absolute atomic E-state index is 0.0428. The third-order valence-electron chi connectivity index (χ3n) is 4.78. The minimum Gasteiger partial charge on any atom is -0.350 e. The zero-order valence-corrected chi connectivity index (χ0v) is 16.9. The van der Waals surface area contributed by atoms with Crippen LogP contribution in [-0.2, 0) is 22.7 Å². The Bertz CT molecular complexity index is 979. The lowest BCUT2D eigenvalue weighted by atomic mass is 10.2. The summed E-state index contributed by atoms with van der Waals surface area (Å²) in [5.41, 5.74) is 3.01. The second-order valence-electron chi connectivity index (χ2n) is 6.74. The number of fused-ring (bicyclic) bond motifs is 1. The van der Waals surface area contributed by atoms with Gasteiger partial charge in [0.2, 0.25) is 11.8 Å². The Balaban J connectivity index is 1.60. The molecule has 1 aromatic heterocycles. The average molecular weight is 398 g/mol. The van der Waals surface area contributed by atoms with Crippen molar-refractivity contribution in [2.75, 3.05) is 13.1 Å². The first-order chi connectivity index (χ1) is 13.5. The molecule has 0 unspecified atom stereocenters. The number of halogens is 1. The Kier molecular flexibility index (Phi) is 6.37. The predicted octanol–water partition coefficient (Wildman–Crippen LogP) is 3.77. The van der Waals surface area contributed by atoms with E-state index in [0.717, 1.165) is 22.2 Å². The van der Waals surface area contributed by atoms with E-state index in [9.17, 15) is 9.59 Å². The highest BCUT2D eigenvalue weighted by molar-refractivity contribution is 6.30. The van der Waals surface area contributed by atoms with E-state index in [1.165, 1.54) is 0 Å².